The monoisotopic (exact) mass is 198 g/mol. The van der Waals surface area contributed by atoms with E-state index in [1.165, 1.54) is 0 Å². The summed E-state index contributed by atoms with van der Waals surface area (Å²) >= 11 is 0. The first-order chi connectivity index (χ1) is 6.56. The lowest BCUT2D eigenvalue weighted by Crippen LogP contribution is -2.28. The lowest BCUT2D eigenvalue weighted by molar-refractivity contribution is 0.201. The van der Waals surface area contributed by atoms with E-state index in [9.17, 15) is 0 Å². The predicted octanol–water partition coefficient (Wildman–Crippen LogP) is 2.34. The van der Waals surface area contributed by atoms with E-state index in [4.69, 9.17) is 5.11 Å². The normalized spacial score (nSPS) is 10.7. The van der Waals surface area contributed by atoms with Crippen molar-refractivity contribution in [1.29, 1.82) is 0 Å². The SMILES string of the molecule is CC.Cc1ccn(C(C)(C)CCO)n1. The van der Waals surface area contributed by atoms with Crippen LogP contribution in [0.4, 0.5) is 0 Å². The summed E-state index contributed by atoms with van der Waals surface area (Å²) in [5, 5.41) is 13.1. The molecular weight excluding hydrogens is 176 g/mol. The second-order valence-corrected chi connectivity index (χ2v) is 3.69. The van der Waals surface area contributed by atoms with Gasteiger partial charge >= 0.3 is 0 Å². The van der Waals surface area contributed by atoms with Gasteiger partial charge in [0.15, 0.2) is 0 Å². The zero-order valence-electron chi connectivity index (χ0n) is 9.91. The topological polar surface area (TPSA) is 38.0 Å². The average molecular weight is 198 g/mol. The summed E-state index contributed by atoms with van der Waals surface area (Å²) in [5.74, 6) is 0. The lowest BCUT2D eigenvalue weighted by Gasteiger charge is -2.24. The third-order valence-electron chi connectivity index (χ3n) is 2.07. The Bertz CT molecular complexity index is 254. The molecule has 0 fully saturated rings. The zero-order valence-corrected chi connectivity index (χ0v) is 9.91. The molecule has 14 heavy (non-hydrogen) atoms. The summed E-state index contributed by atoms with van der Waals surface area (Å²) < 4.78 is 1.90. The molecule has 1 aromatic rings. The number of aliphatic hydroxyl groups excluding tert-OH is 1. The quantitative estimate of drug-likeness (QED) is 0.809. The third-order valence-corrected chi connectivity index (χ3v) is 2.07. The van der Waals surface area contributed by atoms with Crippen molar-refractivity contribution in [3.05, 3.63) is 18.0 Å². The minimum atomic E-state index is -0.0803. The van der Waals surface area contributed by atoms with Crippen molar-refractivity contribution >= 4 is 0 Å². The summed E-state index contributed by atoms with van der Waals surface area (Å²) in [7, 11) is 0. The molecule has 0 aliphatic carbocycles. The molecule has 1 aromatic heterocycles. The van der Waals surface area contributed by atoms with Crippen LogP contribution in [0.5, 0.6) is 0 Å². The van der Waals surface area contributed by atoms with E-state index in [2.05, 4.69) is 18.9 Å². The van der Waals surface area contributed by atoms with E-state index in [1.54, 1.807) is 0 Å². The number of aryl methyl sites for hydroxylation is 1. The highest BCUT2D eigenvalue weighted by Crippen LogP contribution is 2.17. The van der Waals surface area contributed by atoms with Crippen LogP contribution in [0.15, 0.2) is 12.3 Å². The van der Waals surface area contributed by atoms with Crippen LogP contribution in [0.1, 0.15) is 39.8 Å². The Morgan fingerprint density at radius 2 is 2.00 bits per heavy atom. The fraction of sp³-hybridized carbons (Fsp3) is 0.727. The first-order valence-electron chi connectivity index (χ1n) is 5.20. The van der Waals surface area contributed by atoms with Gasteiger partial charge in [-0.1, -0.05) is 13.8 Å². The van der Waals surface area contributed by atoms with Crippen LogP contribution >= 0.6 is 0 Å². The summed E-state index contributed by atoms with van der Waals surface area (Å²) in [6.45, 7) is 10.3. The van der Waals surface area contributed by atoms with Crippen LogP contribution in [-0.4, -0.2) is 21.5 Å². The molecule has 0 amide bonds. The van der Waals surface area contributed by atoms with E-state index < -0.39 is 0 Å². The second kappa shape index (κ2) is 5.81. The molecular formula is C11H22N2O. The average Bonchev–Trinajstić information content (AvgIpc) is 2.56. The highest BCUT2D eigenvalue weighted by Gasteiger charge is 2.19. The highest BCUT2D eigenvalue weighted by atomic mass is 16.3. The van der Waals surface area contributed by atoms with E-state index in [0.29, 0.717) is 0 Å². The van der Waals surface area contributed by atoms with Crippen molar-refractivity contribution < 1.29 is 5.11 Å². The molecule has 3 heteroatoms. The van der Waals surface area contributed by atoms with Crippen molar-refractivity contribution in [3.63, 3.8) is 0 Å². The van der Waals surface area contributed by atoms with Crippen LogP contribution in [0, 0.1) is 6.92 Å². The molecule has 1 rings (SSSR count). The molecule has 0 bridgehead atoms. The third kappa shape index (κ3) is 3.50. The molecule has 1 N–H and O–H groups in total. The van der Waals surface area contributed by atoms with Crippen molar-refractivity contribution in [3.8, 4) is 0 Å². The van der Waals surface area contributed by atoms with Crippen molar-refractivity contribution in [2.45, 2.75) is 46.6 Å². The Morgan fingerprint density at radius 3 is 2.36 bits per heavy atom. The molecule has 82 valence electrons. The Hall–Kier alpha value is -0.830. The minimum absolute atomic E-state index is 0.0803. The van der Waals surface area contributed by atoms with E-state index in [-0.39, 0.29) is 12.1 Å². The molecule has 3 nitrogen and oxygen atoms in total. The Balaban J connectivity index is 0.000000791. The number of hydrogen-bond donors (Lipinski definition) is 1. The van der Waals surface area contributed by atoms with Crippen LogP contribution < -0.4 is 0 Å². The molecule has 0 atom stereocenters. The van der Waals surface area contributed by atoms with E-state index >= 15 is 0 Å². The lowest BCUT2D eigenvalue weighted by atomic mass is 10.0. The molecule has 1 heterocycles. The first kappa shape index (κ1) is 13.2. The molecule has 0 aliphatic rings. The van der Waals surface area contributed by atoms with Crippen LogP contribution in [0.25, 0.3) is 0 Å². The van der Waals surface area contributed by atoms with Gasteiger partial charge in [-0.15, -0.1) is 0 Å². The van der Waals surface area contributed by atoms with Gasteiger partial charge in [-0.2, -0.15) is 5.10 Å². The fourth-order valence-corrected chi connectivity index (χ4v) is 1.14. The summed E-state index contributed by atoms with van der Waals surface area (Å²) in [5.41, 5.74) is 0.934. The molecule has 0 saturated carbocycles. The number of hydrogen-bond acceptors (Lipinski definition) is 2. The van der Waals surface area contributed by atoms with Crippen LogP contribution in [0.2, 0.25) is 0 Å². The van der Waals surface area contributed by atoms with Crippen LogP contribution in [0.3, 0.4) is 0 Å². The maximum atomic E-state index is 8.83. The Kier molecular flexibility index (Phi) is 5.46. The summed E-state index contributed by atoms with van der Waals surface area (Å²) in [6, 6.07) is 1.97. The Morgan fingerprint density at radius 1 is 1.43 bits per heavy atom. The van der Waals surface area contributed by atoms with Crippen molar-refractivity contribution in [2.75, 3.05) is 6.61 Å². The summed E-state index contributed by atoms with van der Waals surface area (Å²) in [4.78, 5) is 0. The molecule has 0 radical (unpaired) electrons. The van der Waals surface area contributed by atoms with E-state index in [0.717, 1.165) is 12.1 Å². The molecule has 0 spiro atoms. The molecule has 0 unspecified atom stereocenters. The van der Waals surface area contributed by atoms with Crippen molar-refractivity contribution in [2.24, 2.45) is 0 Å². The van der Waals surface area contributed by atoms with Gasteiger partial charge in [0, 0.05) is 12.8 Å². The van der Waals surface area contributed by atoms with Crippen molar-refractivity contribution in [1.82, 2.24) is 9.78 Å². The van der Waals surface area contributed by atoms with Gasteiger partial charge in [-0.25, -0.2) is 0 Å². The number of nitrogens with zero attached hydrogens (tertiary/aromatic N) is 2. The smallest absolute Gasteiger partial charge is 0.0593 e. The molecule has 0 aliphatic heterocycles. The standard InChI is InChI=1S/C9H16N2O.C2H6/c1-8-4-6-11(10-8)9(2,3)5-7-12;1-2/h4,6,12H,5,7H2,1-3H3;1-2H3. The van der Waals surface area contributed by atoms with Gasteiger partial charge in [0.1, 0.15) is 0 Å². The van der Waals surface area contributed by atoms with Gasteiger partial charge in [-0.05, 0) is 33.3 Å². The van der Waals surface area contributed by atoms with Gasteiger partial charge in [0.2, 0.25) is 0 Å². The minimum Gasteiger partial charge on any atom is -0.396 e. The molecule has 0 aromatic carbocycles. The largest absolute Gasteiger partial charge is 0.396 e. The fourth-order valence-electron chi connectivity index (χ4n) is 1.14. The predicted molar refractivity (Wildman–Crippen MR) is 59.3 cm³/mol. The van der Waals surface area contributed by atoms with E-state index in [1.807, 2.05) is 37.7 Å². The maximum Gasteiger partial charge on any atom is 0.0593 e. The zero-order chi connectivity index (χ0) is 11.2. The number of aromatic nitrogens is 2. The first-order valence-corrected chi connectivity index (χ1v) is 5.20. The van der Waals surface area contributed by atoms with Crippen LogP contribution in [-0.2, 0) is 5.54 Å². The molecule has 0 saturated heterocycles. The van der Waals surface area contributed by atoms with Gasteiger partial charge in [-0.3, -0.25) is 4.68 Å². The second-order valence-electron chi connectivity index (χ2n) is 3.69. The van der Waals surface area contributed by atoms with Gasteiger partial charge in [0.25, 0.3) is 0 Å². The maximum absolute atomic E-state index is 8.83. The summed E-state index contributed by atoms with van der Waals surface area (Å²) in [6.07, 6.45) is 2.68. The van der Waals surface area contributed by atoms with Gasteiger partial charge < -0.3 is 5.11 Å². The number of rotatable bonds is 3. The number of aliphatic hydroxyl groups is 1. The highest BCUT2D eigenvalue weighted by molar-refractivity contribution is 4.97. The van der Waals surface area contributed by atoms with Gasteiger partial charge in [0.05, 0.1) is 11.2 Å². The Labute approximate surface area is 86.8 Å².